The molecule has 0 radical (unpaired) electrons. The molecule has 35 heavy (non-hydrogen) atoms. The molecule has 0 atom stereocenters. The topological polar surface area (TPSA) is 82.0 Å². The molecule has 1 aliphatic heterocycles. The molecular weight excluding hydrogens is 466 g/mol. The number of thioether (sulfide) groups is 1. The lowest BCUT2D eigenvalue weighted by molar-refractivity contribution is -0.135. The van der Waals surface area contributed by atoms with E-state index in [1.165, 1.54) is 11.8 Å². The van der Waals surface area contributed by atoms with E-state index in [0.717, 1.165) is 21.4 Å². The molecule has 186 valence electrons. The molecule has 0 saturated carbocycles. The Bertz CT molecular complexity index is 1170. The van der Waals surface area contributed by atoms with Crippen molar-refractivity contribution in [1.29, 1.82) is 0 Å². The van der Waals surface area contributed by atoms with E-state index in [9.17, 15) is 9.59 Å². The Morgan fingerprint density at radius 2 is 1.83 bits per heavy atom. The first-order chi connectivity index (χ1) is 17.1. The number of rotatable bonds is 10. The molecular formula is C26H31N3O5S. The molecule has 2 amide bonds. The van der Waals surface area contributed by atoms with Gasteiger partial charge in [-0.1, -0.05) is 24.3 Å². The SMILES string of the molecule is COc1ccc(CCNC(=O)CSc2cn(CC(=O)N3CCOCC3)c3ccccc23)cc1OC. The Labute approximate surface area is 209 Å². The molecule has 4 rings (SSSR count). The summed E-state index contributed by atoms with van der Waals surface area (Å²) >= 11 is 1.48. The lowest BCUT2D eigenvalue weighted by atomic mass is 10.1. The average Bonchev–Trinajstić information content (AvgIpc) is 3.25. The van der Waals surface area contributed by atoms with Gasteiger partial charge in [-0.2, -0.15) is 0 Å². The third kappa shape index (κ3) is 6.29. The fourth-order valence-corrected chi connectivity index (χ4v) is 5.01. The van der Waals surface area contributed by atoms with Crippen LogP contribution in [-0.4, -0.2) is 74.1 Å². The number of ether oxygens (including phenoxy) is 3. The third-order valence-electron chi connectivity index (χ3n) is 5.96. The predicted molar refractivity (Wildman–Crippen MR) is 136 cm³/mol. The highest BCUT2D eigenvalue weighted by Crippen LogP contribution is 2.30. The smallest absolute Gasteiger partial charge is 0.242 e. The molecule has 2 heterocycles. The molecule has 0 bridgehead atoms. The first-order valence-corrected chi connectivity index (χ1v) is 12.6. The molecule has 1 saturated heterocycles. The van der Waals surface area contributed by atoms with E-state index in [2.05, 4.69) is 5.32 Å². The number of nitrogens with zero attached hydrogens (tertiary/aromatic N) is 2. The van der Waals surface area contributed by atoms with Gasteiger partial charge in [-0.15, -0.1) is 11.8 Å². The van der Waals surface area contributed by atoms with Crippen LogP contribution < -0.4 is 14.8 Å². The van der Waals surface area contributed by atoms with Crippen molar-refractivity contribution < 1.29 is 23.8 Å². The van der Waals surface area contributed by atoms with E-state index in [-0.39, 0.29) is 18.4 Å². The van der Waals surface area contributed by atoms with Crippen molar-refractivity contribution in [2.45, 2.75) is 17.9 Å². The maximum absolute atomic E-state index is 12.8. The number of benzene rings is 2. The van der Waals surface area contributed by atoms with E-state index < -0.39 is 0 Å². The Balaban J connectivity index is 1.32. The number of para-hydroxylation sites is 1. The predicted octanol–water partition coefficient (Wildman–Crippen LogP) is 2.97. The summed E-state index contributed by atoms with van der Waals surface area (Å²) < 4.78 is 17.9. The number of hydrogen-bond donors (Lipinski definition) is 1. The monoisotopic (exact) mass is 497 g/mol. The zero-order chi connectivity index (χ0) is 24.6. The van der Waals surface area contributed by atoms with Crippen molar-refractivity contribution in [3.63, 3.8) is 0 Å². The summed E-state index contributed by atoms with van der Waals surface area (Å²) in [5, 5.41) is 4.03. The molecule has 1 aromatic heterocycles. The number of aromatic nitrogens is 1. The standard InChI is InChI=1S/C26H31N3O5S/c1-32-22-8-7-19(15-23(22)33-2)9-10-27-25(30)18-35-24-16-29(21-6-4-3-5-20(21)24)17-26(31)28-11-13-34-14-12-28/h3-8,15-16H,9-14,17-18H2,1-2H3,(H,27,30). The summed E-state index contributed by atoms with van der Waals surface area (Å²) in [6, 6.07) is 13.7. The summed E-state index contributed by atoms with van der Waals surface area (Å²) in [6.45, 7) is 3.23. The molecule has 0 spiro atoms. The van der Waals surface area contributed by atoms with Gasteiger partial charge in [0.15, 0.2) is 11.5 Å². The highest BCUT2D eigenvalue weighted by atomic mass is 32.2. The lowest BCUT2D eigenvalue weighted by Gasteiger charge is -2.27. The Kier molecular flexibility index (Phi) is 8.54. The maximum Gasteiger partial charge on any atom is 0.242 e. The first kappa shape index (κ1) is 24.9. The van der Waals surface area contributed by atoms with Crippen molar-refractivity contribution in [3.05, 3.63) is 54.2 Å². The summed E-state index contributed by atoms with van der Waals surface area (Å²) in [5.41, 5.74) is 2.05. The molecule has 8 nitrogen and oxygen atoms in total. The minimum atomic E-state index is -0.0308. The molecule has 1 fully saturated rings. The molecule has 1 N–H and O–H groups in total. The van der Waals surface area contributed by atoms with Crippen LogP contribution in [0.1, 0.15) is 5.56 Å². The molecule has 0 aliphatic carbocycles. The summed E-state index contributed by atoms with van der Waals surface area (Å²) in [7, 11) is 3.21. The van der Waals surface area contributed by atoms with E-state index in [1.54, 1.807) is 14.2 Å². The van der Waals surface area contributed by atoms with Gasteiger partial charge in [-0.25, -0.2) is 0 Å². The van der Waals surface area contributed by atoms with Crippen molar-refractivity contribution in [2.24, 2.45) is 0 Å². The number of fused-ring (bicyclic) bond motifs is 1. The number of carbonyl (C=O) groups is 2. The van der Waals surface area contributed by atoms with Gasteiger partial charge in [0.2, 0.25) is 11.8 Å². The number of hydrogen-bond acceptors (Lipinski definition) is 6. The van der Waals surface area contributed by atoms with Crippen LogP contribution in [0.25, 0.3) is 10.9 Å². The van der Waals surface area contributed by atoms with Gasteiger partial charge in [0.25, 0.3) is 0 Å². The lowest BCUT2D eigenvalue weighted by Crippen LogP contribution is -2.42. The summed E-state index contributed by atoms with van der Waals surface area (Å²) in [6.07, 6.45) is 2.67. The summed E-state index contributed by atoms with van der Waals surface area (Å²) in [5.74, 6) is 1.71. The normalized spacial score (nSPS) is 13.6. The largest absolute Gasteiger partial charge is 0.493 e. The van der Waals surface area contributed by atoms with Crippen molar-refractivity contribution in [2.75, 3.05) is 52.8 Å². The highest BCUT2D eigenvalue weighted by Gasteiger charge is 2.19. The number of nitrogens with one attached hydrogen (secondary N) is 1. The Hall–Kier alpha value is -3.17. The molecule has 0 unspecified atom stereocenters. The van der Waals surface area contributed by atoms with Crippen LogP contribution in [0.5, 0.6) is 11.5 Å². The Morgan fingerprint density at radius 3 is 2.60 bits per heavy atom. The first-order valence-electron chi connectivity index (χ1n) is 11.6. The fraction of sp³-hybridized carbons (Fsp3) is 0.385. The van der Waals surface area contributed by atoms with Crippen molar-refractivity contribution >= 4 is 34.5 Å². The zero-order valence-electron chi connectivity index (χ0n) is 20.1. The minimum Gasteiger partial charge on any atom is -0.493 e. The van der Waals surface area contributed by atoms with Gasteiger partial charge in [0.1, 0.15) is 6.54 Å². The van der Waals surface area contributed by atoms with E-state index in [0.29, 0.717) is 56.5 Å². The number of carbonyl (C=O) groups excluding carboxylic acids is 2. The van der Waals surface area contributed by atoms with Crippen LogP contribution >= 0.6 is 11.8 Å². The number of morpholine rings is 1. The zero-order valence-corrected chi connectivity index (χ0v) is 20.9. The van der Waals surface area contributed by atoms with Gasteiger partial charge < -0.3 is 29.0 Å². The van der Waals surface area contributed by atoms with Gasteiger partial charge >= 0.3 is 0 Å². The van der Waals surface area contributed by atoms with Crippen molar-refractivity contribution in [1.82, 2.24) is 14.8 Å². The van der Waals surface area contributed by atoms with E-state index >= 15 is 0 Å². The van der Waals surface area contributed by atoms with Crippen LogP contribution in [0.3, 0.4) is 0 Å². The van der Waals surface area contributed by atoms with Crippen LogP contribution in [-0.2, 0) is 27.3 Å². The molecule has 1 aliphatic rings. The molecule has 9 heteroatoms. The number of methoxy groups -OCH3 is 2. The number of amides is 2. The fourth-order valence-electron chi connectivity index (χ4n) is 4.09. The van der Waals surface area contributed by atoms with Gasteiger partial charge in [-0.05, 0) is 30.2 Å². The molecule has 2 aromatic carbocycles. The third-order valence-corrected chi connectivity index (χ3v) is 7.01. The van der Waals surface area contributed by atoms with Crippen LogP contribution in [0, 0.1) is 0 Å². The van der Waals surface area contributed by atoms with Crippen LogP contribution in [0.4, 0.5) is 0 Å². The second-order valence-corrected chi connectivity index (χ2v) is 9.23. The second kappa shape index (κ2) is 12.0. The van der Waals surface area contributed by atoms with Gasteiger partial charge in [0.05, 0.1) is 33.2 Å². The maximum atomic E-state index is 12.8. The quantitative estimate of drug-likeness (QED) is 0.434. The molecule has 3 aromatic rings. The highest BCUT2D eigenvalue weighted by molar-refractivity contribution is 8.00. The van der Waals surface area contributed by atoms with E-state index in [1.807, 2.05) is 58.1 Å². The average molecular weight is 498 g/mol. The van der Waals surface area contributed by atoms with Crippen molar-refractivity contribution in [3.8, 4) is 11.5 Å². The Morgan fingerprint density at radius 1 is 1.06 bits per heavy atom. The second-order valence-electron chi connectivity index (χ2n) is 8.21. The minimum absolute atomic E-state index is 0.0308. The van der Waals surface area contributed by atoms with E-state index in [4.69, 9.17) is 14.2 Å². The van der Waals surface area contributed by atoms with Gasteiger partial charge in [0, 0.05) is 41.6 Å². The summed E-state index contributed by atoms with van der Waals surface area (Å²) in [4.78, 5) is 28.1. The van der Waals surface area contributed by atoms with Crippen LogP contribution in [0.2, 0.25) is 0 Å². The van der Waals surface area contributed by atoms with Gasteiger partial charge in [-0.3, -0.25) is 9.59 Å². The van der Waals surface area contributed by atoms with Crippen LogP contribution in [0.15, 0.2) is 53.6 Å².